The number of carbonyl (C=O) groups excluding carboxylic acids is 1. The number of aliphatic carboxylic acids is 1. The maximum atomic E-state index is 11.9. The molecule has 1 heterocycles. The van der Waals surface area contributed by atoms with Gasteiger partial charge >= 0.3 is 12.1 Å². The van der Waals surface area contributed by atoms with Crippen LogP contribution in [-0.2, 0) is 22.5 Å². The molecule has 1 amide bonds. The van der Waals surface area contributed by atoms with Gasteiger partial charge in [0.1, 0.15) is 18.2 Å². The molecule has 1 unspecified atom stereocenters. The van der Waals surface area contributed by atoms with Crippen molar-refractivity contribution in [2.24, 2.45) is 0 Å². The second-order valence-electron chi connectivity index (χ2n) is 7.43. The van der Waals surface area contributed by atoms with Crippen molar-refractivity contribution in [2.75, 3.05) is 13.7 Å². The predicted octanol–water partition coefficient (Wildman–Crippen LogP) is 3.10. The van der Waals surface area contributed by atoms with Gasteiger partial charge in [-0.3, -0.25) is 0 Å². The molecule has 0 bridgehead atoms. The smallest absolute Gasteiger partial charge is 0.408 e. The number of aromatic nitrogens is 1. The van der Waals surface area contributed by atoms with Gasteiger partial charge in [-0.25, -0.2) is 9.59 Å². The minimum atomic E-state index is -1.13. The molecule has 0 radical (unpaired) electrons. The first-order valence-electron chi connectivity index (χ1n) is 9.32. The maximum Gasteiger partial charge on any atom is 0.408 e. The first-order chi connectivity index (χ1) is 13.7. The molecule has 2 aromatic rings. The number of carboxylic acids is 1. The fraction of sp³-hybridized carbons (Fsp3) is 0.429. The largest absolute Gasteiger partial charge is 0.493 e. The predicted molar refractivity (Wildman–Crippen MR) is 107 cm³/mol. The van der Waals surface area contributed by atoms with Gasteiger partial charge in [0.05, 0.1) is 13.7 Å². The summed E-state index contributed by atoms with van der Waals surface area (Å²) in [6.45, 7) is 6.04. The average molecular weight is 404 g/mol. The number of para-hydroxylation sites is 2. The summed E-state index contributed by atoms with van der Waals surface area (Å²) in [5.74, 6) is 0.153. The van der Waals surface area contributed by atoms with Crippen molar-refractivity contribution in [1.82, 2.24) is 9.88 Å². The Morgan fingerprint density at radius 1 is 1.14 bits per heavy atom. The Bertz CT molecular complexity index is 825. The molecule has 8 nitrogen and oxygen atoms in total. The zero-order valence-electron chi connectivity index (χ0n) is 17.2. The third-order valence-corrected chi connectivity index (χ3v) is 3.98. The Labute approximate surface area is 170 Å². The molecule has 2 rings (SSSR count). The summed E-state index contributed by atoms with van der Waals surface area (Å²) < 4.78 is 18.1. The van der Waals surface area contributed by atoms with E-state index in [0.29, 0.717) is 24.7 Å². The van der Waals surface area contributed by atoms with E-state index in [-0.39, 0.29) is 6.42 Å². The molecule has 0 aliphatic rings. The molecule has 8 heteroatoms. The van der Waals surface area contributed by atoms with E-state index in [1.807, 2.05) is 47.2 Å². The molecule has 0 saturated heterocycles. The van der Waals surface area contributed by atoms with Crippen LogP contribution >= 0.6 is 0 Å². The number of amides is 1. The van der Waals surface area contributed by atoms with Crippen molar-refractivity contribution in [3.63, 3.8) is 0 Å². The van der Waals surface area contributed by atoms with E-state index in [2.05, 4.69) is 5.32 Å². The summed E-state index contributed by atoms with van der Waals surface area (Å²) in [7, 11) is 1.58. The van der Waals surface area contributed by atoms with Crippen LogP contribution in [0.2, 0.25) is 0 Å². The molecule has 1 aromatic heterocycles. The number of hydrogen-bond donors (Lipinski definition) is 2. The monoisotopic (exact) mass is 404 g/mol. The molecular weight excluding hydrogens is 376 g/mol. The first-order valence-corrected chi connectivity index (χ1v) is 9.32. The maximum absolute atomic E-state index is 11.9. The van der Waals surface area contributed by atoms with Gasteiger partial charge in [0.15, 0.2) is 11.5 Å². The van der Waals surface area contributed by atoms with E-state index in [9.17, 15) is 14.7 Å². The number of hydrogen-bond acceptors (Lipinski definition) is 5. The van der Waals surface area contributed by atoms with Gasteiger partial charge in [-0.2, -0.15) is 0 Å². The van der Waals surface area contributed by atoms with Gasteiger partial charge in [0, 0.05) is 18.3 Å². The molecule has 158 valence electrons. The highest BCUT2D eigenvalue weighted by atomic mass is 16.6. The molecule has 0 aliphatic carbocycles. The molecule has 0 spiro atoms. The molecule has 0 saturated carbocycles. The summed E-state index contributed by atoms with van der Waals surface area (Å²) in [6, 6.07) is 9.89. The Kier molecular flexibility index (Phi) is 7.52. The molecule has 29 heavy (non-hydrogen) atoms. The zero-order chi connectivity index (χ0) is 21.4. The van der Waals surface area contributed by atoms with Crippen molar-refractivity contribution >= 4 is 12.1 Å². The highest BCUT2D eigenvalue weighted by Crippen LogP contribution is 2.25. The minimum Gasteiger partial charge on any atom is -0.493 e. The molecular formula is C21H28N2O6. The number of methoxy groups -OCH3 is 1. The normalized spacial score (nSPS) is 12.1. The van der Waals surface area contributed by atoms with Crippen molar-refractivity contribution in [3.05, 3.63) is 48.3 Å². The van der Waals surface area contributed by atoms with Crippen molar-refractivity contribution in [3.8, 4) is 11.5 Å². The summed E-state index contributed by atoms with van der Waals surface area (Å²) in [4.78, 5) is 23.5. The second kappa shape index (κ2) is 9.86. The third-order valence-electron chi connectivity index (χ3n) is 3.98. The SMILES string of the molecule is COc1ccccc1OCCn1cccc1CC(NC(=O)OC(C)(C)C)C(=O)O. The van der Waals surface area contributed by atoms with Crippen LogP contribution in [0.3, 0.4) is 0 Å². The van der Waals surface area contributed by atoms with E-state index in [0.717, 1.165) is 5.69 Å². The summed E-state index contributed by atoms with van der Waals surface area (Å²) >= 11 is 0. The van der Waals surface area contributed by atoms with Crippen LogP contribution in [0, 0.1) is 0 Å². The minimum absolute atomic E-state index is 0.121. The lowest BCUT2D eigenvalue weighted by Gasteiger charge is -2.22. The Morgan fingerprint density at radius 2 is 1.83 bits per heavy atom. The molecule has 2 N–H and O–H groups in total. The third kappa shape index (κ3) is 7.06. The fourth-order valence-corrected chi connectivity index (χ4v) is 2.70. The molecule has 0 fully saturated rings. The lowest BCUT2D eigenvalue weighted by molar-refractivity contribution is -0.139. The van der Waals surface area contributed by atoms with Crippen molar-refractivity contribution < 1.29 is 28.9 Å². The van der Waals surface area contributed by atoms with Crippen LogP contribution in [0.1, 0.15) is 26.5 Å². The van der Waals surface area contributed by atoms with Crippen LogP contribution in [0.5, 0.6) is 11.5 Å². The zero-order valence-corrected chi connectivity index (χ0v) is 17.2. The summed E-state index contributed by atoms with van der Waals surface area (Å²) in [5.41, 5.74) is 0.0560. The number of benzene rings is 1. The van der Waals surface area contributed by atoms with Gasteiger partial charge < -0.3 is 29.2 Å². The standard InChI is InChI=1S/C21H28N2O6/c1-21(2,3)29-20(26)22-16(19(24)25)14-15-8-7-11-23(15)12-13-28-18-10-6-5-9-17(18)27-4/h5-11,16H,12-14H2,1-4H3,(H,22,26)(H,24,25). The van der Waals surface area contributed by atoms with Gasteiger partial charge in [0.2, 0.25) is 0 Å². The topological polar surface area (TPSA) is 99.0 Å². The van der Waals surface area contributed by atoms with Crippen LogP contribution in [-0.4, -0.2) is 47.1 Å². The van der Waals surface area contributed by atoms with Gasteiger partial charge in [-0.1, -0.05) is 12.1 Å². The lowest BCUT2D eigenvalue weighted by atomic mass is 10.1. The van der Waals surface area contributed by atoms with Gasteiger partial charge in [-0.15, -0.1) is 0 Å². The quantitative estimate of drug-likeness (QED) is 0.666. The van der Waals surface area contributed by atoms with E-state index >= 15 is 0 Å². The van der Waals surface area contributed by atoms with E-state index < -0.39 is 23.7 Å². The van der Waals surface area contributed by atoms with Gasteiger partial charge in [0.25, 0.3) is 0 Å². The molecule has 0 aliphatic heterocycles. The molecule has 1 aromatic carbocycles. The highest BCUT2D eigenvalue weighted by Gasteiger charge is 2.25. The van der Waals surface area contributed by atoms with Crippen molar-refractivity contribution in [2.45, 2.75) is 45.4 Å². The number of ether oxygens (including phenoxy) is 3. The average Bonchev–Trinajstić information content (AvgIpc) is 3.07. The van der Waals surface area contributed by atoms with E-state index in [1.165, 1.54) is 0 Å². The number of rotatable bonds is 9. The summed E-state index contributed by atoms with van der Waals surface area (Å²) in [5, 5.41) is 11.9. The van der Waals surface area contributed by atoms with Gasteiger partial charge in [-0.05, 0) is 45.0 Å². The number of carboxylic acid groups (broad SMARTS) is 1. The number of nitrogens with one attached hydrogen (secondary N) is 1. The van der Waals surface area contributed by atoms with Crippen LogP contribution in [0.4, 0.5) is 4.79 Å². The lowest BCUT2D eigenvalue weighted by Crippen LogP contribution is -2.45. The highest BCUT2D eigenvalue weighted by molar-refractivity contribution is 5.80. The van der Waals surface area contributed by atoms with Crippen molar-refractivity contribution in [1.29, 1.82) is 0 Å². The second-order valence-corrected chi connectivity index (χ2v) is 7.43. The van der Waals surface area contributed by atoms with Crippen LogP contribution < -0.4 is 14.8 Å². The number of alkyl carbamates (subject to hydrolysis) is 1. The van der Waals surface area contributed by atoms with E-state index in [4.69, 9.17) is 14.2 Å². The number of carbonyl (C=O) groups is 2. The number of nitrogens with zero attached hydrogens (tertiary/aromatic N) is 1. The van der Waals surface area contributed by atoms with Crippen LogP contribution in [0.15, 0.2) is 42.6 Å². The Balaban J connectivity index is 1.96. The summed E-state index contributed by atoms with van der Waals surface area (Å²) in [6.07, 6.45) is 1.20. The molecule has 1 atom stereocenters. The Morgan fingerprint density at radius 3 is 2.45 bits per heavy atom. The van der Waals surface area contributed by atoms with E-state index in [1.54, 1.807) is 27.9 Å². The first kappa shape index (κ1) is 22.1. The fourth-order valence-electron chi connectivity index (χ4n) is 2.70. The van der Waals surface area contributed by atoms with Crippen LogP contribution in [0.25, 0.3) is 0 Å². The Hall–Kier alpha value is -3.16.